The number of aromatic nitrogens is 5. The predicted octanol–water partition coefficient (Wildman–Crippen LogP) is 14.8. The van der Waals surface area contributed by atoms with E-state index in [4.69, 9.17) is 21.3 Å². The van der Waals surface area contributed by atoms with Crippen LogP contribution in [0, 0.1) is 6.57 Å². The van der Waals surface area contributed by atoms with E-state index in [1.807, 2.05) is 36.7 Å². The summed E-state index contributed by atoms with van der Waals surface area (Å²) in [6.07, 6.45) is 3.84. The van der Waals surface area contributed by atoms with Crippen molar-refractivity contribution in [3.05, 3.63) is 240 Å². The molecule has 6 heterocycles. The summed E-state index contributed by atoms with van der Waals surface area (Å²) in [4.78, 5) is 14.2. The van der Waals surface area contributed by atoms with E-state index in [0.29, 0.717) is 5.69 Å². The zero-order valence-electron chi connectivity index (χ0n) is 35.7. The minimum absolute atomic E-state index is 0.612. The normalized spacial score (nSPS) is 14.7. The molecule has 0 amide bonds. The van der Waals surface area contributed by atoms with Crippen LogP contribution in [0.5, 0.6) is 11.5 Å². The summed E-state index contributed by atoms with van der Waals surface area (Å²) in [7, 11) is 0. The number of para-hydroxylation sites is 5. The summed E-state index contributed by atoms with van der Waals surface area (Å²) in [5, 5.41) is 6.95. The van der Waals surface area contributed by atoms with Crippen LogP contribution in [0.15, 0.2) is 207 Å². The van der Waals surface area contributed by atoms with Crippen LogP contribution >= 0.6 is 0 Å². The molecule has 67 heavy (non-hydrogen) atoms. The Kier molecular flexibility index (Phi) is 7.10. The van der Waals surface area contributed by atoms with Crippen LogP contribution in [0.2, 0.25) is 0 Å². The highest BCUT2D eigenvalue weighted by atomic mass is 16.5. The molecule has 1 spiro atoms. The highest BCUT2D eigenvalue weighted by Crippen LogP contribution is 2.62. The van der Waals surface area contributed by atoms with Crippen molar-refractivity contribution in [1.29, 1.82) is 0 Å². The third-order valence-corrected chi connectivity index (χ3v) is 14.4. The molecular formula is C60H34N6O. The van der Waals surface area contributed by atoms with Crippen LogP contribution in [0.4, 0.5) is 5.69 Å². The fourth-order valence-electron chi connectivity index (χ4n) is 11.7. The molecule has 1 aliphatic carbocycles. The zero-order chi connectivity index (χ0) is 44.0. The highest BCUT2D eigenvalue weighted by Gasteiger charge is 2.53. The Morgan fingerprint density at radius 2 is 0.881 bits per heavy atom. The molecule has 0 saturated heterocycles. The number of hydrogen-bond donors (Lipinski definition) is 0. The fraction of sp³-hybridized carbons (Fsp3) is 0.0167. The van der Waals surface area contributed by atoms with Gasteiger partial charge in [-0.2, -0.15) is 0 Å². The van der Waals surface area contributed by atoms with E-state index in [-0.39, 0.29) is 0 Å². The zero-order valence-corrected chi connectivity index (χ0v) is 35.7. The van der Waals surface area contributed by atoms with Crippen molar-refractivity contribution in [1.82, 2.24) is 23.7 Å². The maximum absolute atomic E-state index is 7.79. The topological polar surface area (TPSA) is 54.2 Å². The summed E-state index contributed by atoms with van der Waals surface area (Å²) in [5.74, 6) is 1.59. The number of benzene rings is 8. The lowest BCUT2D eigenvalue weighted by molar-refractivity contribution is 0.436. The lowest BCUT2D eigenvalue weighted by atomic mass is 9.66. The van der Waals surface area contributed by atoms with E-state index in [1.54, 1.807) is 0 Å². The summed E-state index contributed by atoms with van der Waals surface area (Å²) in [6.45, 7) is 7.79. The first kappa shape index (κ1) is 36.1. The van der Waals surface area contributed by atoms with Gasteiger partial charge in [-0.3, -0.25) is 9.97 Å². The summed E-state index contributed by atoms with van der Waals surface area (Å²) in [5.41, 5.74) is 15.4. The molecular weight excluding hydrogens is 821 g/mol. The van der Waals surface area contributed by atoms with E-state index >= 15 is 0 Å². The predicted molar refractivity (Wildman–Crippen MR) is 269 cm³/mol. The number of nitrogens with zero attached hydrogens (tertiary/aromatic N) is 6. The summed E-state index contributed by atoms with van der Waals surface area (Å²) >= 11 is 0. The van der Waals surface area contributed by atoms with Gasteiger partial charge in [0, 0.05) is 61.2 Å². The van der Waals surface area contributed by atoms with Gasteiger partial charge in [0.2, 0.25) is 0 Å². The maximum atomic E-state index is 7.79. The molecule has 13 aromatic rings. The van der Waals surface area contributed by atoms with Crippen LogP contribution < -0.4 is 4.74 Å². The van der Waals surface area contributed by atoms with Gasteiger partial charge in [0.05, 0.1) is 68.4 Å². The molecule has 1 aliphatic heterocycles. The number of ether oxygens (including phenoxy) is 1. The van der Waals surface area contributed by atoms with Gasteiger partial charge >= 0.3 is 0 Å². The Balaban J connectivity index is 0.990. The minimum atomic E-state index is -0.833. The fourth-order valence-corrected chi connectivity index (χ4v) is 11.7. The van der Waals surface area contributed by atoms with E-state index in [9.17, 15) is 0 Å². The average molecular weight is 855 g/mol. The van der Waals surface area contributed by atoms with Crippen molar-refractivity contribution < 1.29 is 4.74 Å². The SMILES string of the molecule is [C-]#[N+]c1ccc2c(c1)c1ccccc1n2-c1cnc2c(c1)C1(c3ccccc3Oc3ccc(-n4c5ccccc5c5cc(-n6c7ccccc7c7ccccc76)ccc54)cc31)c1cccnc1-2. The quantitative estimate of drug-likeness (QED) is 0.166. The van der Waals surface area contributed by atoms with Crippen LogP contribution in [0.1, 0.15) is 22.3 Å². The smallest absolute Gasteiger partial charge is 0.188 e. The first-order chi connectivity index (χ1) is 33.2. The molecule has 1 atom stereocenters. The van der Waals surface area contributed by atoms with E-state index in [0.717, 1.165) is 95.0 Å². The second-order valence-electron chi connectivity index (χ2n) is 17.6. The molecule has 310 valence electrons. The van der Waals surface area contributed by atoms with Crippen molar-refractivity contribution in [2.45, 2.75) is 5.41 Å². The van der Waals surface area contributed by atoms with Gasteiger partial charge in [-0.1, -0.05) is 103 Å². The molecule has 0 radical (unpaired) electrons. The minimum Gasteiger partial charge on any atom is -0.457 e. The maximum Gasteiger partial charge on any atom is 0.188 e. The van der Waals surface area contributed by atoms with Gasteiger partial charge in [-0.15, -0.1) is 0 Å². The number of pyridine rings is 2. The van der Waals surface area contributed by atoms with Crippen molar-refractivity contribution in [3.8, 4) is 39.9 Å². The van der Waals surface area contributed by atoms with Gasteiger partial charge in [-0.05, 0) is 102 Å². The summed E-state index contributed by atoms with van der Waals surface area (Å²) < 4.78 is 14.0. The Bertz CT molecular complexity index is 4300. The molecule has 0 bridgehead atoms. The second kappa shape index (κ2) is 13.2. The standard InChI is InChI=1S/C60H34N6O/c1-61-36-24-27-54-44(31-36)42-15-4-10-22-53(42)66(54)39-34-49-59(63-35-39)58-47(18-12-30-62-58)60(49)46-17-6-11-23-56(46)67-57-29-26-38(33-48(57)60)65-52-21-9-5-16-43(52)45-32-37(25-28-55(45)65)64-50-19-7-2-13-40(50)41-14-3-8-20-51(41)64/h2-35H. The van der Waals surface area contributed by atoms with Gasteiger partial charge in [0.15, 0.2) is 5.69 Å². The molecule has 0 N–H and O–H groups in total. The van der Waals surface area contributed by atoms with Crippen LogP contribution in [0.3, 0.4) is 0 Å². The lowest BCUT2D eigenvalue weighted by Gasteiger charge is -2.39. The molecule has 5 aromatic heterocycles. The Morgan fingerprint density at radius 1 is 0.388 bits per heavy atom. The van der Waals surface area contributed by atoms with E-state index in [1.165, 1.54) is 32.6 Å². The first-order valence-corrected chi connectivity index (χ1v) is 22.5. The molecule has 0 saturated carbocycles. The largest absolute Gasteiger partial charge is 0.457 e. The lowest BCUT2D eigenvalue weighted by Crippen LogP contribution is -2.32. The highest BCUT2D eigenvalue weighted by molar-refractivity contribution is 6.13. The number of fused-ring (bicyclic) bond motifs is 18. The van der Waals surface area contributed by atoms with Crippen LogP contribution in [0.25, 0.3) is 98.7 Å². The molecule has 1 unspecified atom stereocenters. The van der Waals surface area contributed by atoms with Gasteiger partial charge in [0.1, 0.15) is 11.5 Å². The molecule has 2 aliphatic rings. The number of hydrogen-bond acceptors (Lipinski definition) is 3. The Morgan fingerprint density at radius 3 is 1.57 bits per heavy atom. The van der Waals surface area contributed by atoms with Gasteiger partial charge in [0.25, 0.3) is 0 Å². The van der Waals surface area contributed by atoms with Gasteiger partial charge in [-0.25, -0.2) is 4.85 Å². The van der Waals surface area contributed by atoms with Crippen molar-refractivity contribution in [2.24, 2.45) is 0 Å². The number of rotatable bonds is 3. The Labute approximate surface area is 383 Å². The van der Waals surface area contributed by atoms with E-state index < -0.39 is 5.41 Å². The van der Waals surface area contributed by atoms with Crippen LogP contribution in [-0.4, -0.2) is 23.7 Å². The third kappa shape index (κ3) is 4.68. The summed E-state index contributed by atoms with van der Waals surface area (Å²) in [6, 6.07) is 69.0. The second-order valence-corrected chi connectivity index (χ2v) is 17.6. The van der Waals surface area contributed by atoms with Crippen molar-refractivity contribution >= 4 is 71.1 Å². The average Bonchev–Trinajstić information content (AvgIpc) is 4.10. The van der Waals surface area contributed by atoms with Crippen molar-refractivity contribution in [2.75, 3.05) is 0 Å². The van der Waals surface area contributed by atoms with Crippen molar-refractivity contribution in [3.63, 3.8) is 0 Å². The molecule has 8 aromatic carbocycles. The first-order valence-electron chi connectivity index (χ1n) is 22.5. The Hall–Kier alpha value is -9.25. The third-order valence-electron chi connectivity index (χ3n) is 14.4. The monoisotopic (exact) mass is 854 g/mol. The molecule has 7 nitrogen and oxygen atoms in total. The van der Waals surface area contributed by atoms with Crippen LogP contribution in [-0.2, 0) is 5.41 Å². The molecule has 0 fully saturated rings. The van der Waals surface area contributed by atoms with Gasteiger partial charge < -0.3 is 18.4 Å². The van der Waals surface area contributed by atoms with E-state index in [2.05, 4.69) is 188 Å². The molecule has 7 heteroatoms. The molecule has 15 rings (SSSR count).